The third-order valence-corrected chi connectivity index (χ3v) is 4.88. The predicted molar refractivity (Wildman–Crippen MR) is 118 cm³/mol. The summed E-state index contributed by atoms with van der Waals surface area (Å²) in [5.41, 5.74) is 8.63. The molecule has 160 valence electrons. The van der Waals surface area contributed by atoms with Crippen molar-refractivity contribution in [3.05, 3.63) is 77.3 Å². The van der Waals surface area contributed by atoms with E-state index in [2.05, 4.69) is 5.16 Å². The van der Waals surface area contributed by atoms with Gasteiger partial charge in [0.2, 0.25) is 0 Å². The van der Waals surface area contributed by atoms with Crippen LogP contribution in [-0.4, -0.2) is 29.6 Å². The summed E-state index contributed by atoms with van der Waals surface area (Å²) in [7, 11) is 1.82. The standard InChI is InChI=1S/C23H26FN3O2.ClH/c1-27(23(28)18-11-9-17(16-25)10-12-18)13-4-2-3-8-21-15-22(26-29-21)19-6-5-7-20(24)14-19;/h5-7,9-12,14-15H,2-4,8,13,16,25H2,1H3;1H. The van der Waals surface area contributed by atoms with Crippen LogP contribution in [0.4, 0.5) is 4.39 Å². The normalized spacial score (nSPS) is 10.5. The number of carbonyl (C=O) groups is 1. The van der Waals surface area contributed by atoms with Crippen molar-refractivity contribution in [2.75, 3.05) is 13.6 Å². The molecule has 1 heterocycles. The van der Waals surface area contributed by atoms with Gasteiger partial charge in [-0.15, -0.1) is 12.4 Å². The number of halogens is 2. The largest absolute Gasteiger partial charge is 0.361 e. The molecule has 0 radical (unpaired) electrons. The lowest BCUT2D eigenvalue weighted by Gasteiger charge is -2.17. The molecule has 2 N–H and O–H groups in total. The van der Waals surface area contributed by atoms with Crippen LogP contribution in [0.15, 0.2) is 59.1 Å². The SMILES string of the molecule is CN(CCCCCc1cc(-c2cccc(F)c2)no1)C(=O)c1ccc(CN)cc1.Cl. The van der Waals surface area contributed by atoms with Gasteiger partial charge in [0.15, 0.2) is 0 Å². The highest BCUT2D eigenvalue weighted by molar-refractivity contribution is 5.94. The van der Waals surface area contributed by atoms with Crippen LogP contribution < -0.4 is 5.73 Å². The zero-order valence-corrected chi connectivity index (χ0v) is 17.8. The Morgan fingerprint density at radius 2 is 1.87 bits per heavy atom. The van der Waals surface area contributed by atoms with Crippen molar-refractivity contribution in [1.29, 1.82) is 0 Å². The van der Waals surface area contributed by atoms with Gasteiger partial charge in [0.25, 0.3) is 5.91 Å². The number of rotatable bonds is 9. The Morgan fingerprint density at radius 3 is 2.57 bits per heavy atom. The fraction of sp³-hybridized carbons (Fsp3) is 0.304. The van der Waals surface area contributed by atoms with Gasteiger partial charge in [-0.05, 0) is 42.7 Å². The predicted octanol–water partition coefficient (Wildman–Crippen LogP) is 4.85. The molecule has 0 aliphatic carbocycles. The second kappa shape index (κ2) is 11.5. The summed E-state index contributed by atoms with van der Waals surface area (Å²) in [5, 5.41) is 4.02. The average molecular weight is 432 g/mol. The summed E-state index contributed by atoms with van der Waals surface area (Å²) in [6.45, 7) is 1.17. The van der Waals surface area contributed by atoms with Gasteiger partial charge in [0.05, 0.1) is 0 Å². The number of unbranched alkanes of at least 4 members (excludes halogenated alkanes) is 2. The van der Waals surface area contributed by atoms with Crippen LogP contribution in [0.5, 0.6) is 0 Å². The fourth-order valence-electron chi connectivity index (χ4n) is 3.14. The molecule has 0 atom stereocenters. The van der Waals surface area contributed by atoms with E-state index < -0.39 is 0 Å². The zero-order valence-electron chi connectivity index (χ0n) is 17.0. The molecule has 1 aromatic heterocycles. The number of nitrogens with zero attached hydrogens (tertiary/aromatic N) is 2. The van der Waals surface area contributed by atoms with Gasteiger partial charge in [-0.1, -0.05) is 35.8 Å². The summed E-state index contributed by atoms with van der Waals surface area (Å²) in [5.74, 6) is 0.512. The molecule has 30 heavy (non-hydrogen) atoms. The summed E-state index contributed by atoms with van der Waals surface area (Å²) in [6, 6.07) is 15.6. The first-order valence-electron chi connectivity index (χ1n) is 9.83. The zero-order chi connectivity index (χ0) is 20.6. The maximum atomic E-state index is 13.3. The summed E-state index contributed by atoms with van der Waals surface area (Å²) in [6.07, 6.45) is 3.58. The molecule has 0 aliphatic heterocycles. The van der Waals surface area contributed by atoms with Gasteiger partial charge in [-0.2, -0.15) is 0 Å². The molecule has 7 heteroatoms. The summed E-state index contributed by atoms with van der Waals surface area (Å²) in [4.78, 5) is 14.2. The summed E-state index contributed by atoms with van der Waals surface area (Å²) >= 11 is 0. The van der Waals surface area contributed by atoms with Gasteiger partial charge in [0, 0.05) is 43.8 Å². The molecule has 3 rings (SSSR count). The van der Waals surface area contributed by atoms with E-state index in [9.17, 15) is 9.18 Å². The molecule has 0 aliphatic rings. The Morgan fingerprint density at radius 1 is 1.10 bits per heavy atom. The van der Waals surface area contributed by atoms with Crippen molar-refractivity contribution in [3.63, 3.8) is 0 Å². The topological polar surface area (TPSA) is 72.4 Å². The minimum atomic E-state index is -0.291. The Labute approximate surface area is 182 Å². The van der Waals surface area contributed by atoms with E-state index in [4.69, 9.17) is 10.3 Å². The molecule has 0 fully saturated rings. The van der Waals surface area contributed by atoms with Crippen molar-refractivity contribution in [3.8, 4) is 11.3 Å². The van der Waals surface area contributed by atoms with Crippen molar-refractivity contribution < 1.29 is 13.7 Å². The smallest absolute Gasteiger partial charge is 0.253 e. The number of hydrogen-bond acceptors (Lipinski definition) is 4. The maximum absolute atomic E-state index is 13.3. The van der Waals surface area contributed by atoms with E-state index in [0.717, 1.165) is 37.0 Å². The molecule has 1 amide bonds. The highest BCUT2D eigenvalue weighted by Crippen LogP contribution is 2.21. The number of aryl methyl sites for hydroxylation is 1. The molecule has 0 bridgehead atoms. The highest BCUT2D eigenvalue weighted by Gasteiger charge is 2.11. The number of benzene rings is 2. The summed E-state index contributed by atoms with van der Waals surface area (Å²) < 4.78 is 18.7. The molecule has 0 saturated heterocycles. The molecule has 5 nitrogen and oxygen atoms in total. The number of amides is 1. The second-order valence-electron chi connectivity index (χ2n) is 7.13. The minimum absolute atomic E-state index is 0. The lowest BCUT2D eigenvalue weighted by molar-refractivity contribution is 0.0792. The van der Waals surface area contributed by atoms with E-state index >= 15 is 0 Å². The van der Waals surface area contributed by atoms with Crippen LogP contribution in [0.1, 0.15) is 40.9 Å². The number of hydrogen-bond donors (Lipinski definition) is 1. The average Bonchev–Trinajstić information content (AvgIpc) is 3.22. The van der Waals surface area contributed by atoms with Crippen molar-refractivity contribution >= 4 is 18.3 Å². The van der Waals surface area contributed by atoms with Crippen molar-refractivity contribution in [2.24, 2.45) is 5.73 Å². The quantitative estimate of drug-likeness (QED) is 0.492. The first-order valence-corrected chi connectivity index (χ1v) is 9.83. The minimum Gasteiger partial charge on any atom is -0.361 e. The third kappa shape index (κ3) is 6.40. The van der Waals surface area contributed by atoms with E-state index in [0.29, 0.717) is 29.9 Å². The van der Waals surface area contributed by atoms with E-state index in [1.165, 1.54) is 12.1 Å². The van der Waals surface area contributed by atoms with Crippen LogP contribution in [0.25, 0.3) is 11.3 Å². The lowest BCUT2D eigenvalue weighted by Crippen LogP contribution is -2.27. The van der Waals surface area contributed by atoms with Crippen LogP contribution in [-0.2, 0) is 13.0 Å². The molecular formula is C23H27ClFN3O2. The van der Waals surface area contributed by atoms with E-state index in [-0.39, 0.29) is 24.1 Å². The van der Waals surface area contributed by atoms with E-state index in [1.807, 2.05) is 37.4 Å². The lowest BCUT2D eigenvalue weighted by atomic mass is 10.1. The first-order chi connectivity index (χ1) is 14.1. The van der Waals surface area contributed by atoms with Gasteiger partial charge in [0.1, 0.15) is 17.3 Å². The van der Waals surface area contributed by atoms with Crippen LogP contribution in [0.2, 0.25) is 0 Å². The fourth-order valence-corrected chi connectivity index (χ4v) is 3.14. The molecule has 3 aromatic rings. The van der Waals surface area contributed by atoms with Gasteiger partial charge < -0.3 is 15.2 Å². The Kier molecular flexibility index (Phi) is 9.02. The maximum Gasteiger partial charge on any atom is 0.253 e. The third-order valence-electron chi connectivity index (χ3n) is 4.88. The number of aromatic nitrogens is 1. The second-order valence-corrected chi connectivity index (χ2v) is 7.13. The number of carbonyl (C=O) groups excluding carboxylic acids is 1. The molecular weight excluding hydrogens is 405 g/mol. The van der Waals surface area contributed by atoms with Crippen molar-refractivity contribution in [1.82, 2.24) is 10.1 Å². The Hall–Kier alpha value is -2.70. The Balaban J connectivity index is 0.00000320. The van der Waals surface area contributed by atoms with Crippen molar-refractivity contribution in [2.45, 2.75) is 32.2 Å². The van der Waals surface area contributed by atoms with Crippen LogP contribution in [0, 0.1) is 5.82 Å². The number of nitrogens with two attached hydrogens (primary N) is 1. The Bertz CT molecular complexity index is 944. The molecule has 0 spiro atoms. The van der Waals surface area contributed by atoms with E-state index in [1.54, 1.807) is 17.0 Å². The molecule has 0 saturated carbocycles. The molecule has 2 aromatic carbocycles. The van der Waals surface area contributed by atoms with Gasteiger partial charge in [-0.25, -0.2) is 4.39 Å². The van der Waals surface area contributed by atoms with Gasteiger partial charge in [-0.3, -0.25) is 4.79 Å². The monoisotopic (exact) mass is 431 g/mol. The van der Waals surface area contributed by atoms with Crippen LogP contribution >= 0.6 is 12.4 Å². The van der Waals surface area contributed by atoms with Gasteiger partial charge >= 0.3 is 0 Å². The van der Waals surface area contributed by atoms with Crippen LogP contribution in [0.3, 0.4) is 0 Å². The highest BCUT2D eigenvalue weighted by atomic mass is 35.5. The first kappa shape index (κ1) is 23.6. The molecule has 0 unspecified atom stereocenters.